The van der Waals surface area contributed by atoms with Gasteiger partial charge < -0.3 is 14.8 Å². The second kappa shape index (κ2) is 6.74. The van der Waals surface area contributed by atoms with Gasteiger partial charge in [0.2, 0.25) is 0 Å². The lowest BCUT2D eigenvalue weighted by Gasteiger charge is -2.10. The number of esters is 1. The van der Waals surface area contributed by atoms with Gasteiger partial charge in [0, 0.05) is 12.2 Å². The topological polar surface area (TPSA) is 60.5 Å². The summed E-state index contributed by atoms with van der Waals surface area (Å²) in [5, 5.41) is 3.23. The molecule has 0 saturated heterocycles. The van der Waals surface area contributed by atoms with E-state index in [9.17, 15) is 4.79 Å². The van der Waals surface area contributed by atoms with Crippen LogP contribution in [0.1, 0.15) is 21.6 Å². The number of hydrogen-bond donors (Lipinski definition) is 1. The van der Waals surface area contributed by atoms with Gasteiger partial charge >= 0.3 is 5.97 Å². The maximum atomic E-state index is 11.6. The van der Waals surface area contributed by atoms with E-state index in [4.69, 9.17) is 9.47 Å². The first-order valence-electron chi connectivity index (χ1n) is 6.57. The van der Waals surface area contributed by atoms with Crippen molar-refractivity contribution in [1.82, 2.24) is 4.98 Å². The molecule has 1 aromatic carbocycles. The summed E-state index contributed by atoms with van der Waals surface area (Å²) in [5.41, 5.74) is 2.36. The highest BCUT2D eigenvalue weighted by molar-refractivity contribution is 5.92. The van der Waals surface area contributed by atoms with Gasteiger partial charge in [-0.25, -0.2) is 9.78 Å². The Hall–Kier alpha value is -2.56. The van der Waals surface area contributed by atoms with Crippen LogP contribution >= 0.6 is 0 Å². The zero-order chi connectivity index (χ0) is 15.2. The highest BCUT2D eigenvalue weighted by Crippen LogP contribution is 2.21. The summed E-state index contributed by atoms with van der Waals surface area (Å²) in [6.07, 6.45) is 0. The largest absolute Gasteiger partial charge is 0.496 e. The average Bonchev–Trinajstić information content (AvgIpc) is 2.52. The Balaban J connectivity index is 2.12. The van der Waals surface area contributed by atoms with Crippen molar-refractivity contribution in [3.05, 3.63) is 53.2 Å². The van der Waals surface area contributed by atoms with Crippen molar-refractivity contribution in [2.75, 3.05) is 19.5 Å². The number of nitrogens with one attached hydrogen (secondary N) is 1. The first kappa shape index (κ1) is 14.8. The third-order valence-electron chi connectivity index (χ3n) is 3.03. The molecule has 0 unspecified atom stereocenters. The molecule has 1 N–H and O–H groups in total. The lowest BCUT2D eigenvalue weighted by Crippen LogP contribution is -2.06. The Morgan fingerprint density at radius 3 is 2.71 bits per heavy atom. The molecule has 0 bridgehead atoms. The third kappa shape index (κ3) is 3.72. The first-order valence-corrected chi connectivity index (χ1v) is 6.57. The molecule has 21 heavy (non-hydrogen) atoms. The fraction of sp³-hybridized carbons (Fsp3) is 0.250. The Bertz CT molecular complexity index is 641. The van der Waals surface area contributed by atoms with E-state index >= 15 is 0 Å². The van der Waals surface area contributed by atoms with E-state index in [1.54, 1.807) is 6.07 Å². The van der Waals surface area contributed by atoms with Crippen LogP contribution in [0.2, 0.25) is 0 Å². The molecule has 0 saturated carbocycles. The molecule has 2 aromatic rings. The summed E-state index contributed by atoms with van der Waals surface area (Å²) in [6, 6.07) is 11.2. The molecular weight excluding hydrogens is 268 g/mol. The molecule has 0 radical (unpaired) electrons. The van der Waals surface area contributed by atoms with Crippen LogP contribution in [0.4, 0.5) is 5.82 Å². The Kier molecular flexibility index (Phi) is 4.77. The highest BCUT2D eigenvalue weighted by Gasteiger charge is 2.12. The molecule has 5 nitrogen and oxygen atoms in total. The van der Waals surface area contributed by atoms with Gasteiger partial charge in [0.1, 0.15) is 17.1 Å². The van der Waals surface area contributed by atoms with E-state index in [1.807, 2.05) is 37.3 Å². The second-order valence-corrected chi connectivity index (χ2v) is 4.54. The van der Waals surface area contributed by atoms with Gasteiger partial charge in [-0.2, -0.15) is 0 Å². The van der Waals surface area contributed by atoms with Crippen LogP contribution < -0.4 is 10.1 Å². The van der Waals surface area contributed by atoms with Crippen LogP contribution in [-0.2, 0) is 11.3 Å². The first-order chi connectivity index (χ1) is 10.1. The minimum absolute atomic E-state index is 0.410. The molecule has 110 valence electrons. The number of methoxy groups -OCH3 is 2. The molecule has 0 aliphatic rings. The van der Waals surface area contributed by atoms with E-state index in [0.717, 1.165) is 17.1 Å². The van der Waals surface area contributed by atoms with Crippen molar-refractivity contribution in [3.8, 4) is 5.75 Å². The zero-order valence-electron chi connectivity index (χ0n) is 12.3. The van der Waals surface area contributed by atoms with Crippen molar-refractivity contribution >= 4 is 11.8 Å². The van der Waals surface area contributed by atoms with E-state index in [-0.39, 0.29) is 0 Å². The maximum Gasteiger partial charge on any atom is 0.341 e. The predicted molar refractivity (Wildman–Crippen MR) is 80.6 cm³/mol. The van der Waals surface area contributed by atoms with Gasteiger partial charge in [-0.1, -0.05) is 12.1 Å². The smallest absolute Gasteiger partial charge is 0.341 e. The van der Waals surface area contributed by atoms with Crippen molar-refractivity contribution in [1.29, 1.82) is 0 Å². The quantitative estimate of drug-likeness (QED) is 0.856. The van der Waals surface area contributed by atoms with Gasteiger partial charge in [0.25, 0.3) is 0 Å². The summed E-state index contributed by atoms with van der Waals surface area (Å²) in [4.78, 5) is 16.0. The summed E-state index contributed by atoms with van der Waals surface area (Å²) in [7, 11) is 2.88. The number of pyridine rings is 1. The van der Waals surface area contributed by atoms with Crippen LogP contribution in [0.3, 0.4) is 0 Å². The Morgan fingerprint density at radius 1 is 1.24 bits per heavy atom. The van der Waals surface area contributed by atoms with Crippen molar-refractivity contribution in [2.24, 2.45) is 0 Å². The van der Waals surface area contributed by atoms with Crippen molar-refractivity contribution in [3.63, 3.8) is 0 Å². The van der Waals surface area contributed by atoms with Crippen molar-refractivity contribution < 1.29 is 14.3 Å². The van der Waals surface area contributed by atoms with E-state index in [1.165, 1.54) is 14.2 Å². The van der Waals surface area contributed by atoms with Crippen molar-refractivity contribution in [2.45, 2.75) is 13.5 Å². The summed E-state index contributed by atoms with van der Waals surface area (Å²) >= 11 is 0. The predicted octanol–water partition coefficient (Wildman–Crippen LogP) is 2.80. The van der Waals surface area contributed by atoms with Gasteiger partial charge in [0.15, 0.2) is 0 Å². The molecule has 0 atom stereocenters. The number of hydrogen-bond acceptors (Lipinski definition) is 5. The van der Waals surface area contributed by atoms with Crippen LogP contribution in [0.15, 0.2) is 36.4 Å². The summed E-state index contributed by atoms with van der Waals surface area (Å²) < 4.78 is 9.95. The zero-order valence-corrected chi connectivity index (χ0v) is 12.3. The molecular formula is C16H18N2O3. The van der Waals surface area contributed by atoms with Crippen LogP contribution in [0.25, 0.3) is 0 Å². The number of aromatic nitrogens is 1. The lowest BCUT2D eigenvalue weighted by atomic mass is 10.1. The number of nitrogens with zero attached hydrogens (tertiary/aromatic N) is 1. The monoisotopic (exact) mass is 286 g/mol. The number of carbonyl (C=O) groups is 1. The van der Waals surface area contributed by atoms with E-state index in [2.05, 4.69) is 10.3 Å². The minimum Gasteiger partial charge on any atom is -0.496 e. The van der Waals surface area contributed by atoms with Gasteiger partial charge in [-0.05, 0) is 36.8 Å². The molecule has 0 aliphatic heterocycles. The van der Waals surface area contributed by atoms with Crippen LogP contribution in [0, 0.1) is 6.92 Å². The highest BCUT2D eigenvalue weighted by atomic mass is 16.5. The number of aryl methyl sites for hydroxylation is 1. The summed E-state index contributed by atoms with van der Waals surface area (Å²) in [5.74, 6) is 0.899. The average molecular weight is 286 g/mol. The van der Waals surface area contributed by atoms with Gasteiger partial charge in [-0.15, -0.1) is 0 Å². The Labute approximate surface area is 123 Å². The molecule has 1 heterocycles. The molecule has 0 aliphatic carbocycles. The molecule has 0 spiro atoms. The number of ether oxygens (including phenoxy) is 2. The Morgan fingerprint density at radius 2 is 2.05 bits per heavy atom. The molecule has 0 fully saturated rings. The number of anilines is 1. The number of benzene rings is 1. The molecule has 2 rings (SSSR count). The second-order valence-electron chi connectivity index (χ2n) is 4.54. The molecule has 0 amide bonds. The minimum atomic E-state index is -0.410. The van der Waals surface area contributed by atoms with Gasteiger partial charge in [-0.3, -0.25) is 0 Å². The normalized spacial score (nSPS) is 10.0. The standard InChI is InChI=1S/C16H18N2O3/c1-11-5-4-6-15(18-11)17-10-12-7-8-13(16(19)21-3)14(9-12)20-2/h4-9H,10H2,1-3H3,(H,17,18). The summed E-state index contributed by atoms with van der Waals surface area (Å²) in [6.45, 7) is 2.54. The van der Waals surface area contributed by atoms with Crippen LogP contribution in [-0.4, -0.2) is 25.2 Å². The van der Waals surface area contributed by atoms with E-state index < -0.39 is 5.97 Å². The fourth-order valence-electron chi connectivity index (χ4n) is 1.96. The van der Waals surface area contributed by atoms with Gasteiger partial charge in [0.05, 0.1) is 14.2 Å². The van der Waals surface area contributed by atoms with E-state index in [0.29, 0.717) is 17.9 Å². The third-order valence-corrected chi connectivity index (χ3v) is 3.03. The van der Waals surface area contributed by atoms with Crippen LogP contribution in [0.5, 0.6) is 5.75 Å². The maximum absolute atomic E-state index is 11.6. The fourth-order valence-corrected chi connectivity index (χ4v) is 1.96. The lowest BCUT2D eigenvalue weighted by molar-refractivity contribution is 0.0597. The molecule has 5 heteroatoms. The SMILES string of the molecule is COC(=O)c1ccc(CNc2cccc(C)n2)cc1OC. The number of carbonyl (C=O) groups excluding carboxylic acids is 1. The molecule has 1 aromatic heterocycles. The number of rotatable bonds is 5.